The van der Waals surface area contributed by atoms with Crippen LogP contribution in [-0.2, 0) is 0 Å². The molecule has 0 saturated carbocycles. The zero-order chi connectivity index (χ0) is 10.8. The van der Waals surface area contributed by atoms with Gasteiger partial charge in [-0.05, 0) is 28.4 Å². The van der Waals surface area contributed by atoms with Gasteiger partial charge in [-0.15, -0.1) is 11.3 Å². The number of rotatable bonds is 3. The molecular formula is C9H10BrN3OS. The van der Waals surface area contributed by atoms with Crippen molar-refractivity contribution in [3.8, 4) is 10.7 Å². The lowest BCUT2D eigenvalue weighted by Gasteiger charge is -1.98. The van der Waals surface area contributed by atoms with Crippen molar-refractivity contribution in [1.29, 1.82) is 0 Å². The number of hydrogen-bond donors (Lipinski definition) is 1. The van der Waals surface area contributed by atoms with Crippen LogP contribution in [0.15, 0.2) is 20.4 Å². The van der Waals surface area contributed by atoms with Crippen LogP contribution in [0.1, 0.15) is 25.3 Å². The van der Waals surface area contributed by atoms with Crippen molar-refractivity contribution in [2.45, 2.75) is 19.4 Å². The zero-order valence-corrected chi connectivity index (χ0v) is 10.5. The van der Waals surface area contributed by atoms with E-state index in [4.69, 9.17) is 10.3 Å². The summed E-state index contributed by atoms with van der Waals surface area (Å²) in [5.74, 6) is 1.10. The van der Waals surface area contributed by atoms with Crippen LogP contribution >= 0.6 is 27.3 Å². The molecule has 0 aliphatic carbocycles. The normalized spacial score (nSPS) is 13.0. The fraction of sp³-hybridized carbons (Fsp3) is 0.333. The Bertz CT molecular complexity index is 454. The second kappa shape index (κ2) is 4.42. The van der Waals surface area contributed by atoms with Crippen molar-refractivity contribution >= 4 is 27.3 Å². The average Bonchev–Trinajstić information content (AvgIpc) is 2.84. The van der Waals surface area contributed by atoms with Gasteiger partial charge in [-0.3, -0.25) is 0 Å². The Morgan fingerprint density at radius 1 is 1.67 bits per heavy atom. The Hall–Kier alpha value is -0.720. The molecule has 0 saturated heterocycles. The molecule has 0 bridgehead atoms. The highest BCUT2D eigenvalue weighted by Gasteiger charge is 2.14. The number of nitrogens with zero attached hydrogens (tertiary/aromatic N) is 2. The summed E-state index contributed by atoms with van der Waals surface area (Å²) in [7, 11) is 0. The minimum absolute atomic E-state index is 0.172. The van der Waals surface area contributed by atoms with Gasteiger partial charge >= 0.3 is 0 Å². The summed E-state index contributed by atoms with van der Waals surface area (Å²) in [5.41, 5.74) is 5.79. The molecule has 0 spiro atoms. The molecule has 15 heavy (non-hydrogen) atoms. The molecule has 2 rings (SSSR count). The fourth-order valence-electron chi connectivity index (χ4n) is 1.09. The fourth-order valence-corrected chi connectivity index (χ4v) is 2.44. The number of nitrogens with two attached hydrogens (primary N) is 1. The standard InChI is InChI=1S/C9H10BrN3OS/c1-2-6(11)9-12-8(13-14-9)7-3-5(10)4-15-7/h3-4,6H,2,11H2,1H3. The lowest BCUT2D eigenvalue weighted by molar-refractivity contribution is 0.352. The number of aromatic nitrogens is 2. The maximum Gasteiger partial charge on any atom is 0.243 e. The molecule has 0 aliphatic heterocycles. The predicted molar refractivity (Wildman–Crippen MR) is 62.5 cm³/mol. The topological polar surface area (TPSA) is 64.9 Å². The number of hydrogen-bond acceptors (Lipinski definition) is 5. The zero-order valence-electron chi connectivity index (χ0n) is 8.11. The first-order valence-electron chi connectivity index (χ1n) is 4.54. The Kier molecular flexibility index (Phi) is 3.18. The summed E-state index contributed by atoms with van der Waals surface area (Å²) in [5, 5.41) is 5.87. The van der Waals surface area contributed by atoms with Crippen molar-refractivity contribution in [2.24, 2.45) is 5.73 Å². The molecule has 0 aliphatic rings. The summed E-state index contributed by atoms with van der Waals surface area (Å²) in [6.07, 6.45) is 0.787. The second-order valence-corrected chi connectivity index (χ2v) is 4.93. The summed E-state index contributed by atoms with van der Waals surface area (Å²) in [6.45, 7) is 1.98. The molecule has 2 aromatic rings. The maximum atomic E-state index is 5.79. The average molecular weight is 288 g/mol. The maximum absolute atomic E-state index is 5.79. The third-order valence-corrected chi connectivity index (χ3v) is 3.67. The summed E-state index contributed by atoms with van der Waals surface area (Å²) in [6, 6.07) is 1.78. The predicted octanol–water partition coefficient (Wildman–Crippen LogP) is 2.97. The smallest absolute Gasteiger partial charge is 0.243 e. The highest BCUT2D eigenvalue weighted by atomic mass is 79.9. The molecule has 2 aromatic heterocycles. The third kappa shape index (κ3) is 2.27. The van der Waals surface area contributed by atoms with Crippen LogP contribution in [0.25, 0.3) is 10.7 Å². The summed E-state index contributed by atoms with van der Waals surface area (Å²) >= 11 is 4.94. The summed E-state index contributed by atoms with van der Waals surface area (Å²) < 4.78 is 6.11. The van der Waals surface area contributed by atoms with Crippen LogP contribution < -0.4 is 5.73 Å². The molecule has 1 atom stereocenters. The van der Waals surface area contributed by atoms with E-state index in [1.54, 1.807) is 11.3 Å². The van der Waals surface area contributed by atoms with Gasteiger partial charge < -0.3 is 10.3 Å². The minimum Gasteiger partial charge on any atom is -0.337 e. The first kappa shape index (κ1) is 10.8. The van der Waals surface area contributed by atoms with E-state index >= 15 is 0 Å². The second-order valence-electron chi connectivity index (χ2n) is 3.10. The van der Waals surface area contributed by atoms with E-state index in [0.29, 0.717) is 11.7 Å². The first-order chi connectivity index (χ1) is 7.20. The monoisotopic (exact) mass is 287 g/mol. The van der Waals surface area contributed by atoms with Crippen LogP contribution in [-0.4, -0.2) is 10.1 Å². The molecule has 0 fully saturated rings. The Morgan fingerprint density at radius 2 is 2.47 bits per heavy atom. The lowest BCUT2D eigenvalue weighted by Crippen LogP contribution is -2.08. The van der Waals surface area contributed by atoms with Crippen molar-refractivity contribution in [3.63, 3.8) is 0 Å². The molecular weight excluding hydrogens is 278 g/mol. The van der Waals surface area contributed by atoms with Crippen LogP contribution in [0.5, 0.6) is 0 Å². The van der Waals surface area contributed by atoms with E-state index in [1.807, 2.05) is 18.4 Å². The van der Waals surface area contributed by atoms with Crippen molar-refractivity contribution in [2.75, 3.05) is 0 Å². The molecule has 80 valence electrons. The largest absolute Gasteiger partial charge is 0.337 e. The van der Waals surface area contributed by atoms with Crippen LogP contribution in [0.4, 0.5) is 0 Å². The van der Waals surface area contributed by atoms with Crippen molar-refractivity contribution < 1.29 is 4.52 Å². The Morgan fingerprint density at radius 3 is 3.07 bits per heavy atom. The molecule has 2 N–H and O–H groups in total. The summed E-state index contributed by atoms with van der Waals surface area (Å²) in [4.78, 5) is 5.22. The molecule has 6 heteroatoms. The minimum atomic E-state index is -0.172. The van der Waals surface area contributed by atoms with E-state index in [2.05, 4.69) is 26.1 Å². The number of thiophene rings is 1. The Balaban J connectivity index is 2.27. The molecule has 0 radical (unpaired) electrons. The van der Waals surface area contributed by atoms with Gasteiger partial charge in [0.1, 0.15) is 0 Å². The molecule has 2 heterocycles. The van der Waals surface area contributed by atoms with Crippen LogP contribution in [0.2, 0.25) is 0 Å². The van der Waals surface area contributed by atoms with Crippen LogP contribution in [0, 0.1) is 0 Å². The molecule has 0 aromatic carbocycles. The van der Waals surface area contributed by atoms with Gasteiger partial charge in [0.25, 0.3) is 0 Å². The van der Waals surface area contributed by atoms with Gasteiger partial charge in [0.15, 0.2) is 0 Å². The van der Waals surface area contributed by atoms with Gasteiger partial charge in [0.2, 0.25) is 11.7 Å². The highest BCUT2D eigenvalue weighted by Crippen LogP contribution is 2.28. The SMILES string of the molecule is CCC(N)c1nc(-c2cc(Br)cs2)no1. The van der Waals surface area contributed by atoms with Crippen molar-refractivity contribution in [3.05, 3.63) is 21.8 Å². The highest BCUT2D eigenvalue weighted by molar-refractivity contribution is 9.10. The lowest BCUT2D eigenvalue weighted by atomic mass is 10.2. The van der Waals surface area contributed by atoms with E-state index < -0.39 is 0 Å². The molecule has 0 amide bonds. The van der Waals surface area contributed by atoms with E-state index in [9.17, 15) is 0 Å². The quantitative estimate of drug-likeness (QED) is 0.943. The van der Waals surface area contributed by atoms with E-state index in [0.717, 1.165) is 15.8 Å². The van der Waals surface area contributed by atoms with Gasteiger partial charge in [-0.2, -0.15) is 4.98 Å². The number of halogens is 1. The Labute approximate surface area is 99.6 Å². The van der Waals surface area contributed by atoms with Gasteiger partial charge in [-0.1, -0.05) is 12.1 Å². The van der Waals surface area contributed by atoms with Gasteiger partial charge in [0.05, 0.1) is 10.9 Å². The van der Waals surface area contributed by atoms with E-state index in [1.165, 1.54) is 0 Å². The van der Waals surface area contributed by atoms with Gasteiger partial charge in [-0.25, -0.2) is 0 Å². The van der Waals surface area contributed by atoms with Crippen molar-refractivity contribution in [1.82, 2.24) is 10.1 Å². The van der Waals surface area contributed by atoms with Gasteiger partial charge in [0, 0.05) is 9.85 Å². The van der Waals surface area contributed by atoms with E-state index in [-0.39, 0.29) is 6.04 Å². The molecule has 1 unspecified atom stereocenters. The first-order valence-corrected chi connectivity index (χ1v) is 6.21. The molecule has 4 nitrogen and oxygen atoms in total. The third-order valence-electron chi connectivity index (χ3n) is 1.99. The van der Waals surface area contributed by atoms with Crippen LogP contribution in [0.3, 0.4) is 0 Å².